The van der Waals surface area contributed by atoms with Crippen LogP contribution in [0.2, 0.25) is 10.0 Å². The Morgan fingerprint density at radius 3 is 2.40 bits per heavy atom. The van der Waals surface area contributed by atoms with E-state index in [1.165, 1.54) is 13.0 Å². The van der Waals surface area contributed by atoms with Crippen LogP contribution >= 0.6 is 23.2 Å². The highest BCUT2D eigenvalue weighted by Crippen LogP contribution is 2.29. The average molecular weight is 378 g/mol. The smallest absolute Gasteiger partial charge is 0.331 e. The SMILES string of the molecule is Cc1cccc(/C=C/C(=O)O[C@@H](C)C(=O)Nc2c(Cl)cccc2Cl)c1. The molecule has 0 aliphatic heterocycles. The lowest BCUT2D eigenvalue weighted by atomic mass is 10.1. The van der Waals surface area contributed by atoms with Crippen molar-refractivity contribution in [3.63, 3.8) is 0 Å². The van der Waals surface area contributed by atoms with Crippen LogP contribution in [0.4, 0.5) is 5.69 Å². The topological polar surface area (TPSA) is 55.4 Å². The van der Waals surface area contributed by atoms with Crippen LogP contribution in [0.25, 0.3) is 6.08 Å². The molecular formula is C19H17Cl2NO3. The van der Waals surface area contributed by atoms with Crippen molar-refractivity contribution >= 4 is 46.8 Å². The van der Waals surface area contributed by atoms with Crippen molar-refractivity contribution in [1.82, 2.24) is 0 Å². The van der Waals surface area contributed by atoms with Crippen molar-refractivity contribution in [2.75, 3.05) is 5.32 Å². The van der Waals surface area contributed by atoms with E-state index in [0.29, 0.717) is 10.0 Å². The highest BCUT2D eigenvalue weighted by Gasteiger charge is 2.18. The number of aryl methyl sites for hydroxylation is 1. The Morgan fingerprint density at radius 2 is 1.76 bits per heavy atom. The second-order valence-corrected chi connectivity index (χ2v) is 6.23. The summed E-state index contributed by atoms with van der Waals surface area (Å²) < 4.78 is 5.09. The van der Waals surface area contributed by atoms with Crippen molar-refractivity contribution in [2.45, 2.75) is 20.0 Å². The van der Waals surface area contributed by atoms with Gasteiger partial charge in [-0.3, -0.25) is 4.79 Å². The second-order valence-electron chi connectivity index (χ2n) is 5.41. The Hall–Kier alpha value is -2.30. The van der Waals surface area contributed by atoms with Crippen LogP contribution in [0.15, 0.2) is 48.5 Å². The number of benzene rings is 2. The van der Waals surface area contributed by atoms with Crippen LogP contribution in [0.1, 0.15) is 18.1 Å². The largest absolute Gasteiger partial charge is 0.449 e. The summed E-state index contributed by atoms with van der Waals surface area (Å²) in [4.78, 5) is 24.0. The molecule has 2 aromatic carbocycles. The first-order chi connectivity index (χ1) is 11.9. The molecule has 4 nitrogen and oxygen atoms in total. The van der Waals surface area contributed by atoms with Crippen molar-refractivity contribution in [3.05, 3.63) is 69.7 Å². The number of hydrogen-bond donors (Lipinski definition) is 1. The summed E-state index contributed by atoms with van der Waals surface area (Å²) >= 11 is 12.0. The second kappa shape index (κ2) is 8.70. The summed E-state index contributed by atoms with van der Waals surface area (Å²) in [5.41, 5.74) is 2.24. The van der Waals surface area contributed by atoms with Gasteiger partial charge in [0, 0.05) is 6.08 Å². The number of nitrogens with one attached hydrogen (secondary N) is 1. The molecule has 0 spiro atoms. The standard InChI is InChI=1S/C19H17Cl2NO3/c1-12-5-3-6-14(11-12)9-10-17(23)25-13(2)19(24)22-18-15(20)7-4-8-16(18)21/h3-11,13H,1-2H3,(H,22,24)/b10-9+/t13-/m0/s1. The fourth-order valence-electron chi connectivity index (χ4n) is 2.05. The predicted molar refractivity (Wildman–Crippen MR) is 101 cm³/mol. The van der Waals surface area contributed by atoms with E-state index in [0.717, 1.165) is 11.1 Å². The fraction of sp³-hybridized carbons (Fsp3) is 0.158. The van der Waals surface area contributed by atoms with Gasteiger partial charge in [-0.1, -0.05) is 59.1 Å². The number of anilines is 1. The fourth-order valence-corrected chi connectivity index (χ4v) is 2.54. The van der Waals surface area contributed by atoms with Crippen LogP contribution < -0.4 is 5.32 Å². The number of hydrogen-bond acceptors (Lipinski definition) is 3. The zero-order valence-corrected chi connectivity index (χ0v) is 15.3. The average Bonchev–Trinajstić information content (AvgIpc) is 2.56. The third kappa shape index (κ3) is 5.62. The number of para-hydroxylation sites is 1. The molecule has 0 fully saturated rings. The van der Waals surface area contributed by atoms with Gasteiger partial charge in [-0.15, -0.1) is 0 Å². The zero-order chi connectivity index (χ0) is 18.4. The molecule has 0 radical (unpaired) electrons. The molecule has 1 N–H and O–H groups in total. The molecule has 2 aromatic rings. The molecular weight excluding hydrogens is 361 g/mol. The molecule has 0 heterocycles. The lowest BCUT2D eigenvalue weighted by Crippen LogP contribution is -2.29. The van der Waals surface area contributed by atoms with Crippen LogP contribution in [0.3, 0.4) is 0 Å². The van der Waals surface area contributed by atoms with E-state index in [2.05, 4.69) is 5.32 Å². The minimum atomic E-state index is -0.998. The van der Waals surface area contributed by atoms with Gasteiger partial charge in [0.25, 0.3) is 5.91 Å². The van der Waals surface area contributed by atoms with Crippen molar-refractivity contribution in [2.24, 2.45) is 0 Å². The van der Waals surface area contributed by atoms with Gasteiger partial charge in [-0.25, -0.2) is 4.79 Å². The number of carbonyl (C=O) groups excluding carboxylic acids is 2. The molecule has 25 heavy (non-hydrogen) atoms. The third-order valence-corrected chi connectivity index (χ3v) is 3.96. The molecule has 1 atom stereocenters. The molecule has 0 unspecified atom stereocenters. The maximum Gasteiger partial charge on any atom is 0.331 e. The Morgan fingerprint density at radius 1 is 1.12 bits per heavy atom. The van der Waals surface area contributed by atoms with Crippen LogP contribution in [0, 0.1) is 6.92 Å². The predicted octanol–water partition coefficient (Wildman–Crippen LogP) is 4.89. The van der Waals surface area contributed by atoms with Gasteiger partial charge in [0.1, 0.15) is 0 Å². The quantitative estimate of drug-likeness (QED) is 0.596. The normalized spacial score (nSPS) is 12.0. The van der Waals surface area contributed by atoms with Gasteiger partial charge >= 0.3 is 5.97 Å². The Labute approximate surface area is 156 Å². The highest BCUT2D eigenvalue weighted by molar-refractivity contribution is 6.39. The molecule has 6 heteroatoms. The molecule has 130 valence electrons. The van der Waals surface area contributed by atoms with Crippen LogP contribution in [-0.4, -0.2) is 18.0 Å². The summed E-state index contributed by atoms with van der Waals surface area (Å²) in [5.74, 6) is -1.14. The molecule has 0 bridgehead atoms. The van der Waals surface area contributed by atoms with E-state index in [9.17, 15) is 9.59 Å². The van der Waals surface area contributed by atoms with Gasteiger partial charge in [0.05, 0.1) is 15.7 Å². The molecule has 0 saturated carbocycles. The van der Waals surface area contributed by atoms with Gasteiger partial charge in [-0.2, -0.15) is 0 Å². The first-order valence-corrected chi connectivity index (χ1v) is 8.32. The monoisotopic (exact) mass is 377 g/mol. The van der Waals surface area contributed by atoms with E-state index in [4.69, 9.17) is 27.9 Å². The van der Waals surface area contributed by atoms with E-state index in [1.54, 1.807) is 24.3 Å². The lowest BCUT2D eigenvalue weighted by molar-refractivity contribution is -0.148. The first kappa shape index (κ1) is 19.0. The zero-order valence-electron chi connectivity index (χ0n) is 13.8. The molecule has 0 aliphatic carbocycles. The minimum absolute atomic E-state index is 0.286. The Bertz CT molecular complexity index is 798. The molecule has 2 rings (SSSR count). The summed E-state index contributed by atoms with van der Waals surface area (Å²) in [7, 11) is 0. The highest BCUT2D eigenvalue weighted by atomic mass is 35.5. The van der Waals surface area contributed by atoms with E-state index >= 15 is 0 Å². The number of esters is 1. The lowest BCUT2D eigenvalue weighted by Gasteiger charge is -2.14. The van der Waals surface area contributed by atoms with Gasteiger partial charge in [0.2, 0.25) is 0 Å². The van der Waals surface area contributed by atoms with E-state index < -0.39 is 18.0 Å². The number of ether oxygens (including phenoxy) is 1. The van der Waals surface area contributed by atoms with Gasteiger partial charge < -0.3 is 10.1 Å². The van der Waals surface area contributed by atoms with E-state index in [1.807, 2.05) is 31.2 Å². The van der Waals surface area contributed by atoms with Crippen molar-refractivity contribution in [1.29, 1.82) is 0 Å². The molecule has 1 amide bonds. The number of rotatable bonds is 5. The molecule has 0 aliphatic rings. The summed E-state index contributed by atoms with van der Waals surface area (Å²) in [6.07, 6.45) is 1.91. The minimum Gasteiger partial charge on any atom is -0.449 e. The maximum atomic E-state index is 12.1. The maximum absolute atomic E-state index is 12.1. The first-order valence-electron chi connectivity index (χ1n) is 7.57. The number of carbonyl (C=O) groups is 2. The van der Waals surface area contributed by atoms with Crippen LogP contribution in [0.5, 0.6) is 0 Å². The van der Waals surface area contributed by atoms with Crippen molar-refractivity contribution < 1.29 is 14.3 Å². The summed E-state index contributed by atoms with van der Waals surface area (Å²) in [5, 5.41) is 3.17. The van der Waals surface area contributed by atoms with Crippen molar-refractivity contribution in [3.8, 4) is 0 Å². The van der Waals surface area contributed by atoms with Gasteiger partial charge in [0.15, 0.2) is 6.10 Å². The Kier molecular flexibility index (Phi) is 6.62. The summed E-state index contributed by atoms with van der Waals surface area (Å²) in [6, 6.07) is 12.5. The number of amides is 1. The van der Waals surface area contributed by atoms with Crippen LogP contribution in [-0.2, 0) is 14.3 Å². The van der Waals surface area contributed by atoms with E-state index in [-0.39, 0.29) is 5.69 Å². The molecule has 0 saturated heterocycles. The van der Waals surface area contributed by atoms with Gasteiger partial charge in [-0.05, 0) is 37.6 Å². The summed E-state index contributed by atoms with van der Waals surface area (Å²) in [6.45, 7) is 3.43. The molecule has 0 aromatic heterocycles. The Balaban J connectivity index is 1.95. The number of halogens is 2. The third-order valence-electron chi connectivity index (χ3n) is 3.33.